The molecule has 2 rings (SSSR count). The Bertz CT molecular complexity index is 233. The van der Waals surface area contributed by atoms with Crippen molar-refractivity contribution in [3.8, 4) is 0 Å². The summed E-state index contributed by atoms with van der Waals surface area (Å²) < 4.78 is 10.1. The second-order valence-corrected chi connectivity index (χ2v) is 3.33. The molecule has 0 radical (unpaired) electrons. The van der Waals surface area contributed by atoms with E-state index >= 15 is 0 Å². The summed E-state index contributed by atoms with van der Waals surface area (Å²) in [5.41, 5.74) is 0. The molecular formula is C9H13NO3. The summed E-state index contributed by atoms with van der Waals surface area (Å²) in [7, 11) is 0. The van der Waals surface area contributed by atoms with E-state index in [1.165, 1.54) is 0 Å². The summed E-state index contributed by atoms with van der Waals surface area (Å²) in [6, 6.07) is -0.114. The van der Waals surface area contributed by atoms with E-state index in [1.54, 1.807) is 0 Å². The van der Waals surface area contributed by atoms with E-state index in [9.17, 15) is 4.79 Å². The first-order chi connectivity index (χ1) is 6.27. The normalized spacial score (nSPS) is 30.6. The summed E-state index contributed by atoms with van der Waals surface area (Å²) in [5, 5.41) is 0. The van der Waals surface area contributed by atoms with Crippen LogP contribution in [-0.4, -0.2) is 43.2 Å². The van der Waals surface area contributed by atoms with Crippen LogP contribution in [0.4, 0.5) is 0 Å². The average Bonchev–Trinajstić information content (AvgIpc) is 2.47. The number of cyclic esters (lactones) is 1. The molecule has 1 atom stereocenters. The van der Waals surface area contributed by atoms with Gasteiger partial charge < -0.3 is 9.47 Å². The monoisotopic (exact) mass is 183 g/mol. The van der Waals surface area contributed by atoms with Crippen LogP contribution < -0.4 is 0 Å². The van der Waals surface area contributed by atoms with Crippen LogP contribution in [0.15, 0.2) is 12.3 Å². The highest BCUT2D eigenvalue weighted by molar-refractivity contribution is 5.79. The minimum absolute atomic E-state index is 0.114. The zero-order chi connectivity index (χ0) is 9.26. The van der Waals surface area contributed by atoms with Gasteiger partial charge in [0.25, 0.3) is 0 Å². The van der Waals surface area contributed by atoms with Crippen LogP contribution in [-0.2, 0) is 14.3 Å². The third kappa shape index (κ3) is 1.73. The first-order valence-electron chi connectivity index (χ1n) is 4.48. The maximum Gasteiger partial charge on any atom is 0.328 e. The van der Waals surface area contributed by atoms with Gasteiger partial charge in [0.2, 0.25) is 0 Å². The number of morpholine rings is 1. The molecule has 2 aliphatic rings. The summed E-state index contributed by atoms with van der Waals surface area (Å²) in [6.07, 6.45) is 0.638. The average molecular weight is 183 g/mol. The van der Waals surface area contributed by atoms with E-state index in [4.69, 9.17) is 9.47 Å². The molecule has 0 spiro atoms. The molecule has 0 aromatic rings. The Balaban J connectivity index is 1.99. The molecule has 2 fully saturated rings. The molecule has 1 unspecified atom stereocenters. The van der Waals surface area contributed by atoms with Gasteiger partial charge in [-0.1, -0.05) is 6.58 Å². The topological polar surface area (TPSA) is 38.8 Å². The van der Waals surface area contributed by atoms with Crippen LogP contribution in [0.25, 0.3) is 0 Å². The van der Waals surface area contributed by atoms with Crippen LogP contribution in [0, 0.1) is 0 Å². The molecule has 0 bridgehead atoms. The van der Waals surface area contributed by atoms with Crippen LogP contribution in [0.3, 0.4) is 0 Å². The molecule has 0 saturated carbocycles. The molecule has 2 heterocycles. The van der Waals surface area contributed by atoms with Crippen molar-refractivity contribution < 1.29 is 14.3 Å². The molecule has 72 valence electrons. The third-order valence-electron chi connectivity index (χ3n) is 2.42. The second kappa shape index (κ2) is 3.47. The zero-order valence-electron chi connectivity index (χ0n) is 7.49. The van der Waals surface area contributed by atoms with E-state index in [0.717, 1.165) is 13.1 Å². The maximum absolute atomic E-state index is 11.3. The highest BCUT2D eigenvalue weighted by Gasteiger charge is 2.35. The van der Waals surface area contributed by atoms with Crippen molar-refractivity contribution in [2.45, 2.75) is 12.5 Å². The van der Waals surface area contributed by atoms with Gasteiger partial charge in [0.05, 0.1) is 13.2 Å². The molecular weight excluding hydrogens is 170 g/mol. The smallest absolute Gasteiger partial charge is 0.328 e. The summed E-state index contributed by atoms with van der Waals surface area (Å²) >= 11 is 0. The highest BCUT2D eigenvalue weighted by atomic mass is 16.5. The van der Waals surface area contributed by atoms with Gasteiger partial charge in [-0.25, -0.2) is 4.79 Å². The highest BCUT2D eigenvalue weighted by Crippen LogP contribution is 2.22. The predicted octanol–water partition coefficient (Wildman–Crippen LogP) is 0.148. The Morgan fingerprint density at radius 1 is 1.38 bits per heavy atom. The van der Waals surface area contributed by atoms with Gasteiger partial charge in [0.1, 0.15) is 11.8 Å². The van der Waals surface area contributed by atoms with Crippen molar-refractivity contribution in [3.05, 3.63) is 12.3 Å². The number of carbonyl (C=O) groups excluding carboxylic acids is 1. The molecule has 4 heteroatoms. The van der Waals surface area contributed by atoms with Crippen LogP contribution >= 0.6 is 0 Å². The molecule has 0 N–H and O–H groups in total. The summed E-state index contributed by atoms with van der Waals surface area (Å²) in [6.45, 7) is 6.68. The molecule has 0 aromatic heterocycles. The van der Waals surface area contributed by atoms with Crippen molar-refractivity contribution in [2.75, 3.05) is 26.3 Å². The van der Waals surface area contributed by atoms with Gasteiger partial charge >= 0.3 is 5.97 Å². The second-order valence-electron chi connectivity index (χ2n) is 3.33. The molecule has 4 nitrogen and oxygen atoms in total. The van der Waals surface area contributed by atoms with Crippen molar-refractivity contribution in [1.29, 1.82) is 0 Å². The van der Waals surface area contributed by atoms with Crippen LogP contribution in [0.5, 0.6) is 0 Å². The number of ether oxygens (including phenoxy) is 2. The lowest BCUT2D eigenvalue weighted by Crippen LogP contribution is -2.45. The van der Waals surface area contributed by atoms with Gasteiger partial charge in [0, 0.05) is 19.5 Å². The molecule has 13 heavy (non-hydrogen) atoms. The van der Waals surface area contributed by atoms with Crippen molar-refractivity contribution in [1.82, 2.24) is 4.90 Å². The Morgan fingerprint density at radius 2 is 2.08 bits per heavy atom. The largest absolute Gasteiger partial charge is 0.430 e. The number of hydrogen-bond acceptors (Lipinski definition) is 4. The van der Waals surface area contributed by atoms with E-state index in [1.807, 2.05) is 0 Å². The van der Waals surface area contributed by atoms with Gasteiger partial charge in [-0.05, 0) is 0 Å². The zero-order valence-corrected chi connectivity index (χ0v) is 7.49. The van der Waals surface area contributed by atoms with Gasteiger partial charge in [0.15, 0.2) is 0 Å². The number of hydrogen-bond donors (Lipinski definition) is 0. The lowest BCUT2D eigenvalue weighted by molar-refractivity contribution is -0.141. The summed E-state index contributed by atoms with van der Waals surface area (Å²) in [5.74, 6) is 0.424. The number of carbonyl (C=O) groups is 1. The Hall–Kier alpha value is -0.870. The number of nitrogens with zero attached hydrogens (tertiary/aromatic N) is 1. The minimum Gasteiger partial charge on any atom is -0.430 e. The van der Waals surface area contributed by atoms with E-state index < -0.39 is 0 Å². The quantitative estimate of drug-likeness (QED) is 0.542. The van der Waals surface area contributed by atoms with Crippen LogP contribution in [0.2, 0.25) is 0 Å². The van der Waals surface area contributed by atoms with Crippen LogP contribution in [0.1, 0.15) is 6.42 Å². The molecule has 0 aromatic carbocycles. The lowest BCUT2D eigenvalue weighted by Gasteiger charge is -2.29. The molecule has 0 aliphatic carbocycles. The standard InChI is InChI=1S/C9H13NO3/c1-7-6-8(9(11)13-7)10-2-4-12-5-3-10/h8H,1-6H2. The fraction of sp³-hybridized carbons (Fsp3) is 0.667. The molecule has 0 amide bonds. The van der Waals surface area contributed by atoms with Crippen molar-refractivity contribution in [3.63, 3.8) is 0 Å². The first kappa shape index (κ1) is 8.72. The fourth-order valence-electron chi connectivity index (χ4n) is 1.72. The Labute approximate surface area is 77.1 Å². The van der Waals surface area contributed by atoms with Crippen molar-refractivity contribution >= 4 is 5.97 Å². The minimum atomic E-state index is -0.160. The Morgan fingerprint density at radius 3 is 2.62 bits per heavy atom. The van der Waals surface area contributed by atoms with E-state index in [0.29, 0.717) is 25.4 Å². The molecule has 2 saturated heterocycles. The van der Waals surface area contributed by atoms with E-state index in [2.05, 4.69) is 11.5 Å². The van der Waals surface area contributed by atoms with E-state index in [-0.39, 0.29) is 12.0 Å². The maximum atomic E-state index is 11.3. The van der Waals surface area contributed by atoms with Gasteiger partial charge in [-0.2, -0.15) is 0 Å². The lowest BCUT2D eigenvalue weighted by atomic mass is 10.2. The first-order valence-corrected chi connectivity index (χ1v) is 4.48. The SMILES string of the molecule is C=C1CC(N2CCOCC2)C(=O)O1. The summed E-state index contributed by atoms with van der Waals surface area (Å²) in [4.78, 5) is 13.4. The van der Waals surface area contributed by atoms with Crippen molar-refractivity contribution in [2.24, 2.45) is 0 Å². The number of esters is 1. The third-order valence-corrected chi connectivity index (χ3v) is 2.42. The Kier molecular flexibility index (Phi) is 2.33. The van der Waals surface area contributed by atoms with Gasteiger partial charge in [-0.3, -0.25) is 4.90 Å². The molecule has 2 aliphatic heterocycles. The predicted molar refractivity (Wildman–Crippen MR) is 46.0 cm³/mol. The number of rotatable bonds is 1. The fourth-order valence-corrected chi connectivity index (χ4v) is 1.72. The van der Waals surface area contributed by atoms with Gasteiger partial charge in [-0.15, -0.1) is 0 Å².